The first-order valence-electron chi connectivity index (χ1n) is 6.54. The fourth-order valence-electron chi connectivity index (χ4n) is 2.27. The summed E-state index contributed by atoms with van der Waals surface area (Å²) in [4.78, 5) is 15.9. The largest absolute Gasteiger partial charge is 0.462 e. The minimum absolute atomic E-state index is 0.0146. The van der Waals surface area contributed by atoms with E-state index >= 15 is 0 Å². The van der Waals surface area contributed by atoms with Gasteiger partial charge >= 0.3 is 5.97 Å². The van der Waals surface area contributed by atoms with E-state index in [0.29, 0.717) is 6.54 Å². The first-order valence-corrected chi connectivity index (χ1v) is 6.54. The Morgan fingerprint density at radius 1 is 1.41 bits per heavy atom. The van der Waals surface area contributed by atoms with Gasteiger partial charge in [-0.15, -0.1) is 0 Å². The van der Waals surface area contributed by atoms with Crippen molar-refractivity contribution in [1.29, 1.82) is 0 Å². The summed E-state index contributed by atoms with van der Waals surface area (Å²) in [6.45, 7) is 7.53. The van der Waals surface area contributed by atoms with Gasteiger partial charge in [0.05, 0.1) is 12.6 Å². The molecule has 0 aromatic heterocycles. The molecular formula is C13H26N2O2. The third-order valence-electron chi connectivity index (χ3n) is 3.17. The van der Waals surface area contributed by atoms with E-state index in [-0.39, 0.29) is 12.1 Å². The Hall–Kier alpha value is -0.610. The van der Waals surface area contributed by atoms with Crippen LogP contribution < -0.4 is 0 Å². The number of hydrogen-bond acceptors (Lipinski definition) is 4. The van der Waals surface area contributed by atoms with Gasteiger partial charge < -0.3 is 9.64 Å². The summed E-state index contributed by atoms with van der Waals surface area (Å²) >= 11 is 0. The van der Waals surface area contributed by atoms with E-state index in [9.17, 15) is 4.79 Å². The fraction of sp³-hybridized carbons (Fsp3) is 0.923. The summed E-state index contributed by atoms with van der Waals surface area (Å²) in [5.41, 5.74) is 0. The third kappa shape index (κ3) is 6.03. The summed E-state index contributed by atoms with van der Waals surface area (Å²) in [5, 5.41) is 0. The van der Waals surface area contributed by atoms with Crippen molar-refractivity contribution in [3.63, 3.8) is 0 Å². The number of ether oxygens (including phenoxy) is 1. The molecule has 0 atom stereocenters. The second kappa shape index (κ2) is 6.97. The molecule has 1 aliphatic rings. The molecule has 0 spiro atoms. The number of rotatable bonds is 5. The third-order valence-corrected chi connectivity index (χ3v) is 3.17. The SMILES string of the molecule is CC(C)OC(=O)CN(C)CC1CCN(C)CC1. The highest BCUT2D eigenvalue weighted by Crippen LogP contribution is 2.16. The molecule has 17 heavy (non-hydrogen) atoms. The maximum atomic E-state index is 11.5. The number of esters is 1. The number of hydrogen-bond donors (Lipinski definition) is 0. The van der Waals surface area contributed by atoms with Crippen LogP contribution in [-0.4, -0.2) is 62.1 Å². The van der Waals surface area contributed by atoms with Crippen LogP contribution in [0.25, 0.3) is 0 Å². The van der Waals surface area contributed by atoms with Crippen molar-refractivity contribution in [2.24, 2.45) is 5.92 Å². The lowest BCUT2D eigenvalue weighted by molar-refractivity contribution is -0.148. The predicted molar refractivity (Wildman–Crippen MR) is 68.9 cm³/mol. The molecule has 0 radical (unpaired) electrons. The van der Waals surface area contributed by atoms with Crippen molar-refractivity contribution in [2.45, 2.75) is 32.8 Å². The minimum atomic E-state index is -0.115. The van der Waals surface area contributed by atoms with Crippen molar-refractivity contribution >= 4 is 5.97 Å². The van der Waals surface area contributed by atoms with Gasteiger partial charge in [-0.2, -0.15) is 0 Å². The molecule has 0 unspecified atom stereocenters. The molecule has 1 rings (SSSR count). The van der Waals surface area contributed by atoms with E-state index in [2.05, 4.69) is 16.8 Å². The van der Waals surface area contributed by atoms with Crippen molar-refractivity contribution in [2.75, 3.05) is 40.3 Å². The Morgan fingerprint density at radius 2 is 2.00 bits per heavy atom. The van der Waals surface area contributed by atoms with Crippen molar-refractivity contribution in [3.8, 4) is 0 Å². The summed E-state index contributed by atoms with van der Waals surface area (Å²) in [6, 6.07) is 0. The molecule has 4 nitrogen and oxygen atoms in total. The molecular weight excluding hydrogens is 216 g/mol. The standard InChI is InChI=1S/C13H26N2O2/c1-11(2)17-13(16)10-15(4)9-12-5-7-14(3)8-6-12/h11-12H,5-10H2,1-4H3. The maximum absolute atomic E-state index is 11.5. The van der Waals surface area contributed by atoms with Gasteiger partial charge in [-0.25, -0.2) is 0 Å². The zero-order valence-corrected chi connectivity index (χ0v) is 11.6. The van der Waals surface area contributed by atoms with Crippen LogP contribution in [0.3, 0.4) is 0 Å². The monoisotopic (exact) mass is 242 g/mol. The maximum Gasteiger partial charge on any atom is 0.320 e. The Morgan fingerprint density at radius 3 is 2.53 bits per heavy atom. The van der Waals surface area contributed by atoms with Gasteiger partial charge in [-0.3, -0.25) is 9.69 Å². The highest BCUT2D eigenvalue weighted by atomic mass is 16.5. The van der Waals surface area contributed by atoms with Gasteiger partial charge in [-0.05, 0) is 59.8 Å². The van der Waals surface area contributed by atoms with Crippen molar-refractivity contribution < 1.29 is 9.53 Å². The quantitative estimate of drug-likeness (QED) is 0.679. The normalized spacial score (nSPS) is 18.9. The van der Waals surface area contributed by atoms with Gasteiger partial charge in [0, 0.05) is 6.54 Å². The van der Waals surface area contributed by atoms with Crippen LogP contribution in [0.2, 0.25) is 0 Å². The first-order chi connectivity index (χ1) is 7.97. The second-order valence-electron chi connectivity index (χ2n) is 5.48. The molecule has 0 aromatic carbocycles. The van der Waals surface area contributed by atoms with Crippen molar-refractivity contribution in [3.05, 3.63) is 0 Å². The van der Waals surface area contributed by atoms with Crippen LogP contribution in [0.5, 0.6) is 0 Å². The summed E-state index contributed by atoms with van der Waals surface area (Å²) in [7, 11) is 4.17. The molecule has 1 saturated heterocycles. The minimum Gasteiger partial charge on any atom is -0.462 e. The fourth-order valence-corrected chi connectivity index (χ4v) is 2.27. The highest BCUT2D eigenvalue weighted by Gasteiger charge is 2.19. The van der Waals surface area contributed by atoms with Crippen LogP contribution in [0.1, 0.15) is 26.7 Å². The molecule has 0 aliphatic carbocycles. The van der Waals surface area contributed by atoms with E-state index in [1.54, 1.807) is 0 Å². The zero-order valence-electron chi connectivity index (χ0n) is 11.6. The average molecular weight is 242 g/mol. The van der Waals surface area contributed by atoms with E-state index in [0.717, 1.165) is 12.5 Å². The van der Waals surface area contributed by atoms with Gasteiger partial charge in [0.25, 0.3) is 0 Å². The molecule has 0 N–H and O–H groups in total. The average Bonchev–Trinajstić information content (AvgIpc) is 2.19. The van der Waals surface area contributed by atoms with Gasteiger partial charge in [0.1, 0.15) is 0 Å². The summed E-state index contributed by atoms with van der Waals surface area (Å²) < 4.78 is 5.14. The smallest absolute Gasteiger partial charge is 0.320 e. The zero-order chi connectivity index (χ0) is 12.8. The van der Waals surface area contributed by atoms with E-state index < -0.39 is 0 Å². The number of likely N-dealkylation sites (tertiary alicyclic amines) is 1. The highest BCUT2D eigenvalue weighted by molar-refractivity contribution is 5.71. The van der Waals surface area contributed by atoms with Crippen LogP contribution in [0, 0.1) is 5.92 Å². The van der Waals surface area contributed by atoms with Gasteiger partial charge in [0.2, 0.25) is 0 Å². The predicted octanol–water partition coefficient (Wildman–Crippen LogP) is 1.21. The van der Waals surface area contributed by atoms with E-state index in [4.69, 9.17) is 4.74 Å². The molecule has 0 amide bonds. The molecule has 0 saturated carbocycles. The lowest BCUT2D eigenvalue weighted by Crippen LogP contribution is -2.38. The van der Waals surface area contributed by atoms with Crippen LogP contribution in [-0.2, 0) is 9.53 Å². The molecule has 0 aromatic rings. The second-order valence-corrected chi connectivity index (χ2v) is 5.48. The molecule has 4 heteroatoms. The van der Waals surface area contributed by atoms with E-state index in [1.165, 1.54) is 25.9 Å². The Kier molecular flexibility index (Phi) is 5.92. The van der Waals surface area contributed by atoms with Crippen molar-refractivity contribution in [1.82, 2.24) is 9.80 Å². The lowest BCUT2D eigenvalue weighted by atomic mass is 9.97. The number of piperidine rings is 1. The van der Waals surface area contributed by atoms with Crippen LogP contribution in [0.4, 0.5) is 0 Å². The van der Waals surface area contributed by atoms with Gasteiger partial charge in [0.15, 0.2) is 0 Å². The molecule has 1 fully saturated rings. The van der Waals surface area contributed by atoms with Crippen LogP contribution >= 0.6 is 0 Å². The van der Waals surface area contributed by atoms with Gasteiger partial charge in [-0.1, -0.05) is 0 Å². The van der Waals surface area contributed by atoms with Crippen LogP contribution in [0.15, 0.2) is 0 Å². The number of likely N-dealkylation sites (N-methyl/N-ethyl adjacent to an activating group) is 1. The van der Waals surface area contributed by atoms with E-state index in [1.807, 2.05) is 20.9 Å². The first kappa shape index (κ1) is 14.5. The topological polar surface area (TPSA) is 32.8 Å². The molecule has 1 heterocycles. The molecule has 1 aliphatic heterocycles. The number of nitrogens with zero attached hydrogens (tertiary/aromatic N) is 2. The Labute approximate surface area is 105 Å². The molecule has 100 valence electrons. The number of carbonyl (C=O) groups is 1. The summed E-state index contributed by atoms with van der Waals surface area (Å²) in [5.74, 6) is 0.610. The number of carbonyl (C=O) groups excluding carboxylic acids is 1. The lowest BCUT2D eigenvalue weighted by Gasteiger charge is -2.31. The summed E-state index contributed by atoms with van der Waals surface area (Å²) in [6.07, 6.45) is 2.46. The molecule has 0 bridgehead atoms. The Balaban J connectivity index is 2.20. The Bertz CT molecular complexity index is 236.